The zero-order valence-electron chi connectivity index (χ0n) is 11.6. The highest BCUT2D eigenvalue weighted by molar-refractivity contribution is 7.07. The average molecular weight is 266 g/mol. The van der Waals surface area contributed by atoms with E-state index in [-0.39, 0.29) is 0 Å². The topological polar surface area (TPSA) is 29.3 Å². The second-order valence-corrected chi connectivity index (χ2v) is 6.62. The first kappa shape index (κ1) is 14.0. The lowest BCUT2D eigenvalue weighted by Gasteiger charge is -2.36. The Hall–Kier alpha value is -0.380. The SMILES string of the molecule is CCC1CCC(N)C(CN(C)Cc2ccsc2)C1. The van der Waals surface area contributed by atoms with Gasteiger partial charge in [0.1, 0.15) is 0 Å². The van der Waals surface area contributed by atoms with Crippen molar-refractivity contribution in [1.82, 2.24) is 4.90 Å². The minimum Gasteiger partial charge on any atom is -0.327 e. The van der Waals surface area contributed by atoms with Crippen molar-refractivity contribution in [2.45, 2.75) is 45.2 Å². The first-order valence-electron chi connectivity index (χ1n) is 7.14. The summed E-state index contributed by atoms with van der Waals surface area (Å²) in [5, 5.41) is 4.40. The van der Waals surface area contributed by atoms with E-state index in [0.717, 1.165) is 19.0 Å². The van der Waals surface area contributed by atoms with Gasteiger partial charge < -0.3 is 10.6 Å². The van der Waals surface area contributed by atoms with Gasteiger partial charge in [-0.05, 0) is 60.5 Å². The molecule has 102 valence electrons. The van der Waals surface area contributed by atoms with Crippen LogP contribution in [0.2, 0.25) is 0 Å². The summed E-state index contributed by atoms with van der Waals surface area (Å²) in [5.74, 6) is 1.59. The molecule has 0 spiro atoms. The number of thiophene rings is 1. The van der Waals surface area contributed by atoms with E-state index in [4.69, 9.17) is 5.73 Å². The molecule has 1 heterocycles. The molecule has 1 aromatic rings. The lowest BCUT2D eigenvalue weighted by atomic mass is 9.77. The smallest absolute Gasteiger partial charge is 0.0239 e. The van der Waals surface area contributed by atoms with Crippen LogP contribution in [0.25, 0.3) is 0 Å². The second-order valence-electron chi connectivity index (χ2n) is 5.84. The average Bonchev–Trinajstić information content (AvgIpc) is 2.84. The Bertz CT molecular complexity index is 336. The summed E-state index contributed by atoms with van der Waals surface area (Å²) in [6.07, 6.45) is 5.20. The van der Waals surface area contributed by atoms with Crippen molar-refractivity contribution in [3.63, 3.8) is 0 Å². The molecule has 2 rings (SSSR count). The van der Waals surface area contributed by atoms with Crippen molar-refractivity contribution in [3.05, 3.63) is 22.4 Å². The van der Waals surface area contributed by atoms with E-state index in [0.29, 0.717) is 12.0 Å². The van der Waals surface area contributed by atoms with E-state index >= 15 is 0 Å². The standard InChI is InChI=1S/C15H26N2S/c1-3-12-4-5-15(16)14(8-12)10-17(2)9-13-6-7-18-11-13/h6-7,11-12,14-15H,3-5,8-10,16H2,1-2H3. The molecule has 2 nitrogen and oxygen atoms in total. The third kappa shape index (κ3) is 3.81. The van der Waals surface area contributed by atoms with E-state index < -0.39 is 0 Å². The van der Waals surface area contributed by atoms with Crippen molar-refractivity contribution < 1.29 is 0 Å². The van der Waals surface area contributed by atoms with Crippen LogP contribution in [-0.2, 0) is 6.54 Å². The van der Waals surface area contributed by atoms with Crippen LogP contribution in [0.5, 0.6) is 0 Å². The summed E-state index contributed by atoms with van der Waals surface area (Å²) in [7, 11) is 2.22. The van der Waals surface area contributed by atoms with Gasteiger partial charge in [0.2, 0.25) is 0 Å². The maximum atomic E-state index is 6.29. The van der Waals surface area contributed by atoms with Crippen molar-refractivity contribution in [2.75, 3.05) is 13.6 Å². The predicted molar refractivity (Wildman–Crippen MR) is 79.8 cm³/mol. The predicted octanol–water partition coefficient (Wildman–Crippen LogP) is 3.33. The Balaban J connectivity index is 1.83. The summed E-state index contributed by atoms with van der Waals surface area (Å²) < 4.78 is 0. The number of rotatable bonds is 5. The normalized spacial score (nSPS) is 28.8. The Kier molecular flexibility index (Phi) is 5.22. The van der Waals surface area contributed by atoms with E-state index in [1.807, 2.05) is 0 Å². The molecule has 0 bridgehead atoms. The monoisotopic (exact) mass is 266 g/mol. The van der Waals surface area contributed by atoms with Crippen LogP contribution in [0.15, 0.2) is 16.8 Å². The molecule has 1 aliphatic carbocycles. The number of hydrogen-bond donors (Lipinski definition) is 1. The molecule has 3 unspecified atom stereocenters. The molecule has 0 saturated heterocycles. The van der Waals surface area contributed by atoms with E-state index in [1.165, 1.54) is 31.2 Å². The van der Waals surface area contributed by atoms with Crippen LogP contribution in [0.1, 0.15) is 38.2 Å². The third-order valence-electron chi connectivity index (χ3n) is 4.31. The van der Waals surface area contributed by atoms with Crippen molar-refractivity contribution >= 4 is 11.3 Å². The molecule has 2 N–H and O–H groups in total. The minimum atomic E-state index is 0.415. The lowest BCUT2D eigenvalue weighted by molar-refractivity contribution is 0.168. The van der Waals surface area contributed by atoms with Crippen LogP contribution >= 0.6 is 11.3 Å². The van der Waals surface area contributed by atoms with Crippen LogP contribution in [0.4, 0.5) is 0 Å². The zero-order chi connectivity index (χ0) is 13.0. The lowest BCUT2D eigenvalue weighted by Crippen LogP contribution is -2.42. The molecule has 3 heteroatoms. The molecule has 0 amide bonds. The fraction of sp³-hybridized carbons (Fsp3) is 0.733. The van der Waals surface area contributed by atoms with Gasteiger partial charge in [-0.2, -0.15) is 11.3 Å². The summed E-state index contributed by atoms with van der Waals surface area (Å²) in [6.45, 7) is 4.52. The number of hydrogen-bond acceptors (Lipinski definition) is 3. The highest BCUT2D eigenvalue weighted by Crippen LogP contribution is 2.30. The summed E-state index contributed by atoms with van der Waals surface area (Å²) in [4.78, 5) is 2.44. The Morgan fingerprint density at radius 1 is 1.44 bits per heavy atom. The van der Waals surface area contributed by atoms with Gasteiger partial charge in [-0.1, -0.05) is 13.3 Å². The Morgan fingerprint density at radius 2 is 2.28 bits per heavy atom. The van der Waals surface area contributed by atoms with Gasteiger partial charge >= 0.3 is 0 Å². The molecule has 1 saturated carbocycles. The molecule has 18 heavy (non-hydrogen) atoms. The highest BCUT2D eigenvalue weighted by atomic mass is 32.1. The summed E-state index contributed by atoms with van der Waals surface area (Å²) >= 11 is 1.78. The van der Waals surface area contributed by atoms with E-state index in [1.54, 1.807) is 11.3 Å². The summed E-state index contributed by atoms with van der Waals surface area (Å²) in [5.41, 5.74) is 7.72. The van der Waals surface area contributed by atoms with Gasteiger partial charge in [-0.3, -0.25) is 0 Å². The first-order chi connectivity index (χ1) is 8.69. The zero-order valence-corrected chi connectivity index (χ0v) is 12.5. The minimum absolute atomic E-state index is 0.415. The quantitative estimate of drug-likeness (QED) is 0.885. The molecule has 0 aliphatic heterocycles. The molecule has 1 aliphatic rings. The van der Waals surface area contributed by atoms with Gasteiger partial charge in [0.05, 0.1) is 0 Å². The first-order valence-corrected chi connectivity index (χ1v) is 8.08. The number of nitrogens with two attached hydrogens (primary N) is 1. The van der Waals surface area contributed by atoms with Crippen molar-refractivity contribution in [3.8, 4) is 0 Å². The van der Waals surface area contributed by atoms with Gasteiger partial charge in [0.25, 0.3) is 0 Å². The molecular formula is C15H26N2S. The van der Waals surface area contributed by atoms with Crippen LogP contribution in [-0.4, -0.2) is 24.5 Å². The Morgan fingerprint density at radius 3 is 2.94 bits per heavy atom. The second kappa shape index (κ2) is 6.69. The van der Waals surface area contributed by atoms with E-state index in [9.17, 15) is 0 Å². The molecule has 1 aromatic heterocycles. The maximum absolute atomic E-state index is 6.29. The highest BCUT2D eigenvalue weighted by Gasteiger charge is 2.27. The number of nitrogens with zero attached hydrogens (tertiary/aromatic N) is 1. The van der Waals surface area contributed by atoms with Gasteiger partial charge in [0, 0.05) is 19.1 Å². The molecule has 0 aromatic carbocycles. The van der Waals surface area contributed by atoms with Crippen LogP contribution in [0.3, 0.4) is 0 Å². The summed E-state index contributed by atoms with van der Waals surface area (Å²) in [6, 6.07) is 2.63. The van der Waals surface area contributed by atoms with Gasteiger partial charge in [-0.15, -0.1) is 0 Å². The van der Waals surface area contributed by atoms with E-state index in [2.05, 4.69) is 35.7 Å². The molecule has 1 fully saturated rings. The van der Waals surface area contributed by atoms with Gasteiger partial charge in [-0.25, -0.2) is 0 Å². The van der Waals surface area contributed by atoms with Gasteiger partial charge in [0.15, 0.2) is 0 Å². The maximum Gasteiger partial charge on any atom is 0.0239 e. The largest absolute Gasteiger partial charge is 0.327 e. The molecule has 0 radical (unpaired) electrons. The fourth-order valence-electron chi connectivity index (χ4n) is 3.12. The Labute approximate surface area is 115 Å². The fourth-order valence-corrected chi connectivity index (χ4v) is 3.78. The van der Waals surface area contributed by atoms with Crippen LogP contribution in [0, 0.1) is 11.8 Å². The molecular weight excluding hydrogens is 240 g/mol. The third-order valence-corrected chi connectivity index (χ3v) is 5.04. The van der Waals surface area contributed by atoms with Crippen LogP contribution < -0.4 is 5.73 Å². The molecule has 3 atom stereocenters. The van der Waals surface area contributed by atoms with Crippen molar-refractivity contribution in [2.24, 2.45) is 17.6 Å². The van der Waals surface area contributed by atoms with Crippen molar-refractivity contribution in [1.29, 1.82) is 0 Å².